The number of aryl methyl sites for hydroxylation is 1. The van der Waals surface area contributed by atoms with E-state index in [1.54, 1.807) is 13.0 Å². The number of rotatable bonds is 2. The fourth-order valence-electron chi connectivity index (χ4n) is 1.75. The summed E-state index contributed by atoms with van der Waals surface area (Å²) in [7, 11) is 0. The van der Waals surface area contributed by atoms with Crippen LogP contribution in [0.5, 0.6) is 0 Å². The molecule has 0 atom stereocenters. The van der Waals surface area contributed by atoms with Crippen LogP contribution in [0.2, 0.25) is 0 Å². The second-order valence-electron chi connectivity index (χ2n) is 3.76. The van der Waals surface area contributed by atoms with E-state index < -0.39 is 0 Å². The molecule has 2 rings (SSSR count). The van der Waals surface area contributed by atoms with Crippen molar-refractivity contribution in [3.8, 4) is 11.1 Å². The average molecular weight is 212 g/mol. The molecule has 0 spiro atoms. The van der Waals surface area contributed by atoms with Crippen molar-refractivity contribution >= 4 is 6.08 Å². The van der Waals surface area contributed by atoms with E-state index >= 15 is 0 Å². The average Bonchev–Trinajstić information content (AvgIpc) is 2.32. The Balaban J connectivity index is 2.58. The minimum absolute atomic E-state index is 0.167. The van der Waals surface area contributed by atoms with Gasteiger partial charge in [0.1, 0.15) is 5.82 Å². The van der Waals surface area contributed by atoms with Gasteiger partial charge in [0.15, 0.2) is 0 Å². The summed E-state index contributed by atoms with van der Waals surface area (Å²) in [5.74, 6) is -0.167. The maximum absolute atomic E-state index is 13.2. The molecule has 0 fully saturated rings. The second kappa shape index (κ2) is 4.31. The Kier molecular flexibility index (Phi) is 2.86. The summed E-state index contributed by atoms with van der Waals surface area (Å²) in [6.07, 6.45) is 1.81. The first-order chi connectivity index (χ1) is 7.72. The zero-order valence-corrected chi connectivity index (χ0v) is 9.20. The molecule has 0 aliphatic rings. The molecular formula is C15H13F. The third-order valence-corrected chi connectivity index (χ3v) is 2.65. The van der Waals surface area contributed by atoms with Crippen LogP contribution in [0.1, 0.15) is 11.1 Å². The van der Waals surface area contributed by atoms with Gasteiger partial charge in [-0.15, -0.1) is 0 Å². The molecule has 2 aromatic carbocycles. The molecule has 0 heterocycles. The predicted molar refractivity (Wildman–Crippen MR) is 66.7 cm³/mol. The van der Waals surface area contributed by atoms with Gasteiger partial charge >= 0.3 is 0 Å². The Hall–Kier alpha value is -1.89. The van der Waals surface area contributed by atoms with Gasteiger partial charge in [-0.3, -0.25) is 0 Å². The quantitative estimate of drug-likeness (QED) is 0.690. The third-order valence-electron chi connectivity index (χ3n) is 2.65. The Labute approximate surface area is 95.1 Å². The van der Waals surface area contributed by atoms with Gasteiger partial charge in [-0.2, -0.15) is 0 Å². The Morgan fingerprint density at radius 1 is 1.12 bits per heavy atom. The lowest BCUT2D eigenvalue weighted by Crippen LogP contribution is -1.86. The fourth-order valence-corrected chi connectivity index (χ4v) is 1.75. The van der Waals surface area contributed by atoms with E-state index in [1.165, 1.54) is 6.07 Å². The summed E-state index contributed by atoms with van der Waals surface area (Å²) >= 11 is 0. The van der Waals surface area contributed by atoms with E-state index in [2.05, 4.69) is 6.58 Å². The molecule has 1 heteroatoms. The first-order valence-electron chi connectivity index (χ1n) is 5.20. The molecule has 0 unspecified atom stereocenters. The summed E-state index contributed by atoms with van der Waals surface area (Å²) in [6, 6.07) is 13.1. The molecule has 0 saturated carbocycles. The van der Waals surface area contributed by atoms with Crippen molar-refractivity contribution in [3.63, 3.8) is 0 Å². The lowest BCUT2D eigenvalue weighted by molar-refractivity contribution is 0.619. The van der Waals surface area contributed by atoms with Gasteiger partial charge in [0.25, 0.3) is 0 Å². The highest BCUT2D eigenvalue weighted by molar-refractivity contribution is 5.75. The van der Waals surface area contributed by atoms with Gasteiger partial charge in [-0.1, -0.05) is 43.0 Å². The maximum atomic E-state index is 13.2. The molecule has 0 nitrogen and oxygen atoms in total. The van der Waals surface area contributed by atoms with Crippen LogP contribution < -0.4 is 0 Å². The van der Waals surface area contributed by atoms with Crippen molar-refractivity contribution in [3.05, 3.63) is 66.0 Å². The van der Waals surface area contributed by atoms with Gasteiger partial charge in [0.2, 0.25) is 0 Å². The zero-order valence-electron chi connectivity index (χ0n) is 9.20. The molecule has 0 amide bonds. The van der Waals surface area contributed by atoms with Crippen LogP contribution in [-0.4, -0.2) is 0 Å². The molecule has 0 radical (unpaired) electrons. The van der Waals surface area contributed by atoms with Crippen LogP contribution >= 0.6 is 0 Å². The van der Waals surface area contributed by atoms with Gasteiger partial charge in [-0.25, -0.2) is 4.39 Å². The van der Waals surface area contributed by atoms with Crippen LogP contribution in [0.3, 0.4) is 0 Å². The van der Waals surface area contributed by atoms with E-state index in [9.17, 15) is 4.39 Å². The Morgan fingerprint density at radius 2 is 1.88 bits per heavy atom. The molecule has 16 heavy (non-hydrogen) atoms. The minimum Gasteiger partial charge on any atom is -0.207 e. The number of hydrogen-bond donors (Lipinski definition) is 0. The highest BCUT2D eigenvalue weighted by Gasteiger charge is 2.04. The Morgan fingerprint density at radius 3 is 2.56 bits per heavy atom. The van der Waals surface area contributed by atoms with Gasteiger partial charge < -0.3 is 0 Å². The normalized spacial score (nSPS) is 10.1. The van der Waals surface area contributed by atoms with E-state index in [4.69, 9.17) is 0 Å². The highest BCUT2D eigenvalue weighted by atomic mass is 19.1. The van der Waals surface area contributed by atoms with Crippen molar-refractivity contribution in [1.29, 1.82) is 0 Å². The van der Waals surface area contributed by atoms with Crippen LogP contribution in [0.15, 0.2) is 49.0 Å². The number of hydrogen-bond acceptors (Lipinski definition) is 0. The molecule has 0 aliphatic carbocycles. The fraction of sp³-hybridized carbons (Fsp3) is 0.0667. The molecular weight excluding hydrogens is 199 g/mol. The summed E-state index contributed by atoms with van der Waals surface area (Å²) in [6.45, 7) is 5.56. The van der Waals surface area contributed by atoms with Crippen molar-refractivity contribution in [2.75, 3.05) is 0 Å². The van der Waals surface area contributed by atoms with Gasteiger partial charge in [-0.05, 0) is 41.3 Å². The van der Waals surface area contributed by atoms with Crippen molar-refractivity contribution in [1.82, 2.24) is 0 Å². The second-order valence-corrected chi connectivity index (χ2v) is 3.76. The molecule has 0 N–H and O–H groups in total. The van der Waals surface area contributed by atoms with Crippen molar-refractivity contribution < 1.29 is 4.39 Å². The molecule has 0 aliphatic heterocycles. The molecule has 0 aromatic heterocycles. The smallest absolute Gasteiger partial charge is 0.126 e. The number of halogens is 1. The largest absolute Gasteiger partial charge is 0.207 e. The minimum atomic E-state index is -0.167. The first-order valence-corrected chi connectivity index (χ1v) is 5.20. The summed E-state index contributed by atoms with van der Waals surface area (Å²) < 4.78 is 13.2. The Bertz CT molecular complexity index is 527. The van der Waals surface area contributed by atoms with E-state index in [0.29, 0.717) is 5.56 Å². The van der Waals surface area contributed by atoms with Crippen molar-refractivity contribution in [2.45, 2.75) is 6.92 Å². The topological polar surface area (TPSA) is 0 Å². The number of benzene rings is 2. The van der Waals surface area contributed by atoms with Crippen LogP contribution in [0.4, 0.5) is 4.39 Å². The molecule has 80 valence electrons. The molecule has 0 bridgehead atoms. The zero-order chi connectivity index (χ0) is 11.5. The van der Waals surface area contributed by atoms with E-state index in [1.807, 2.05) is 36.4 Å². The summed E-state index contributed by atoms with van der Waals surface area (Å²) in [5.41, 5.74) is 3.83. The maximum Gasteiger partial charge on any atom is 0.126 e. The van der Waals surface area contributed by atoms with Crippen LogP contribution in [0.25, 0.3) is 17.2 Å². The monoisotopic (exact) mass is 212 g/mol. The lowest BCUT2D eigenvalue weighted by Gasteiger charge is -2.07. The lowest BCUT2D eigenvalue weighted by atomic mass is 9.98. The van der Waals surface area contributed by atoms with E-state index in [-0.39, 0.29) is 5.82 Å². The SMILES string of the molecule is C=Cc1ccccc1-c1ccc(F)c(C)c1. The van der Waals surface area contributed by atoms with E-state index in [0.717, 1.165) is 16.7 Å². The summed E-state index contributed by atoms with van der Waals surface area (Å²) in [4.78, 5) is 0. The van der Waals surface area contributed by atoms with Crippen LogP contribution in [0, 0.1) is 12.7 Å². The van der Waals surface area contributed by atoms with Gasteiger partial charge in [0.05, 0.1) is 0 Å². The standard InChI is InChI=1S/C15H13F/c1-3-12-6-4-5-7-14(12)13-8-9-15(16)11(2)10-13/h3-10H,1H2,2H3. The predicted octanol–water partition coefficient (Wildman–Crippen LogP) is 4.44. The first kappa shape index (κ1) is 10.6. The highest BCUT2D eigenvalue weighted by Crippen LogP contribution is 2.25. The molecule has 0 saturated heterocycles. The van der Waals surface area contributed by atoms with Gasteiger partial charge in [0, 0.05) is 0 Å². The van der Waals surface area contributed by atoms with Crippen LogP contribution in [-0.2, 0) is 0 Å². The third kappa shape index (κ3) is 1.89. The molecule has 2 aromatic rings. The van der Waals surface area contributed by atoms with Crippen molar-refractivity contribution in [2.24, 2.45) is 0 Å². The summed E-state index contributed by atoms with van der Waals surface area (Å²) in [5, 5.41) is 0.